The van der Waals surface area contributed by atoms with Gasteiger partial charge < -0.3 is 9.42 Å². The monoisotopic (exact) mass is 327 g/mol. The molecule has 5 nitrogen and oxygen atoms in total. The quantitative estimate of drug-likeness (QED) is 0.691. The normalized spacial score (nSPS) is 10.7. The standard InChI is InChI=1S/C17H17N3O2S/c1-2-20(14-6-4-3-5-7-14)16(21)9-8-15-18-17(19-22-15)13-10-11-23-12-13/h3-7,10-12H,2,8-9H2,1H3. The Balaban J connectivity index is 1.62. The Morgan fingerprint density at radius 2 is 2.09 bits per heavy atom. The van der Waals surface area contributed by atoms with Gasteiger partial charge in [-0.1, -0.05) is 23.4 Å². The summed E-state index contributed by atoms with van der Waals surface area (Å²) in [6.45, 7) is 2.60. The molecule has 23 heavy (non-hydrogen) atoms. The van der Waals surface area contributed by atoms with Crippen LogP contribution in [-0.2, 0) is 11.2 Å². The molecule has 0 aliphatic heterocycles. The summed E-state index contributed by atoms with van der Waals surface area (Å²) in [4.78, 5) is 18.5. The number of carbonyl (C=O) groups is 1. The first-order chi connectivity index (χ1) is 11.3. The molecule has 6 heteroatoms. The maximum Gasteiger partial charge on any atom is 0.227 e. The van der Waals surface area contributed by atoms with Crippen molar-refractivity contribution in [2.75, 3.05) is 11.4 Å². The van der Waals surface area contributed by atoms with Crippen LogP contribution >= 0.6 is 11.3 Å². The Morgan fingerprint density at radius 3 is 2.78 bits per heavy atom. The molecular formula is C17H17N3O2S. The SMILES string of the molecule is CCN(C(=O)CCc1nc(-c2ccsc2)no1)c1ccccc1. The molecule has 0 N–H and O–H groups in total. The maximum absolute atomic E-state index is 12.4. The van der Waals surface area contributed by atoms with Gasteiger partial charge >= 0.3 is 0 Å². The number of nitrogens with zero attached hydrogens (tertiary/aromatic N) is 3. The van der Waals surface area contributed by atoms with Crippen LogP contribution in [0.25, 0.3) is 11.4 Å². The van der Waals surface area contributed by atoms with Gasteiger partial charge in [0, 0.05) is 36.0 Å². The Bertz CT molecular complexity index is 753. The summed E-state index contributed by atoms with van der Waals surface area (Å²) in [6.07, 6.45) is 0.785. The molecule has 0 atom stereocenters. The van der Waals surface area contributed by atoms with E-state index in [0.717, 1.165) is 11.3 Å². The highest BCUT2D eigenvalue weighted by Gasteiger charge is 2.16. The number of benzene rings is 1. The minimum absolute atomic E-state index is 0.0500. The van der Waals surface area contributed by atoms with Gasteiger partial charge in [0.25, 0.3) is 0 Å². The first kappa shape index (κ1) is 15.4. The predicted octanol–water partition coefficient (Wildman–Crippen LogP) is 3.78. The molecule has 0 unspecified atom stereocenters. The molecule has 118 valence electrons. The third kappa shape index (κ3) is 3.65. The average molecular weight is 327 g/mol. The van der Waals surface area contributed by atoms with Gasteiger partial charge in [0.2, 0.25) is 17.6 Å². The second-order valence-corrected chi connectivity index (χ2v) is 5.78. The summed E-state index contributed by atoms with van der Waals surface area (Å²) in [7, 11) is 0. The molecular weight excluding hydrogens is 310 g/mol. The number of anilines is 1. The smallest absolute Gasteiger partial charge is 0.227 e. The number of amides is 1. The van der Waals surface area contributed by atoms with Gasteiger partial charge in [0.05, 0.1) is 0 Å². The largest absolute Gasteiger partial charge is 0.339 e. The van der Waals surface area contributed by atoms with Gasteiger partial charge in [-0.25, -0.2) is 0 Å². The minimum atomic E-state index is 0.0500. The van der Waals surface area contributed by atoms with Crippen LogP contribution in [0.2, 0.25) is 0 Å². The van der Waals surface area contributed by atoms with Crippen molar-refractivity contribution in [1.29, 1.82) is 0 Å². The Hall–Kier alpha value is -2.47. The molecule has 0 saturated carbocycles. The minimum Gasteiger partial charge on any atom is -0.339 e. The lowest BCUT2D eigenvalue weighted by Crippen LogP contribution is -2.30. The number of thiophene rings is 1. The molecule has 2 aromatic heterocycles. The van der Waals surface area contributed by atoms with Crippen LogP contribution in [0.15, 0.2) is 51.7 Å². The molecule has 1 aromatic carbocycles. The number of para-hydroxylation sites is 1. The molecule has 0 bridgehead atoms. The lowest BCUT2D eigenvalue weighted by molar-refractivity contribution is -0.118. The van der Waals surface area contributed by atoms with Crippen molar-refractivity contribution in [3.63, 3.8) is 0 Å². The highest BCUT2D eigenvalue weighted by atomic mass is 32.1. The summed E-state index contributed by atoms with van der Waals surface area (Å²) in [6, 6.07) is 11.6. The predicted molar refractivity (Wildman–Crippen MR) is 90.4 cm³/mol. The van der Waals surface area contributed by atoms with Crippen LogP contribution in [0.3, 0.4) is 0 Å². The number of rotatable bonds is 6. The van der Waals surface area contributed by atoms with Gasteiger partial charge in [0.1, 0.15) is 0 Å². The van der Waals surface area contributed by atoms with Gasteiger partial charge in [-0.05, 0) is 30.5 Å². The van der Waals surface area contributed by atoms with Crippen LogP contribution in [0, 0.1) is 0 Å². The van der Waals surface area contributed by atoms with E-state index in [1.807, 2.05) is 54.1 Å². The van der Waals surface area contributed by atoms with E-state index in [2.05, 4.69) is 10.1 Å². The zero-order valence-electron chi connectivity index (χ0n) is 12.8. The van der Waals surface area contributed by atoms with Crippen LogP contribution in [0.4, 0.5) is 5.69 Å². The molecule has 1 amide bonds. The summed E-state index contributed by atoms with van der Waals surface area (Å²) >= 11 is 1.58. The summed E-state index contributed by atoms with van der Waals surface area (Å²) in [5, 5.41) is 7.89. The summed E-state index contributed by atoms with van der Waals surface area (Å²) in [5.74, 6) is 1.11. The van der Waals surface area contributed by atoms with E-state index in [-0.39, 0.29) is 5.91 Å². The summed E-state index contributed by atoms with van der Waals surface area (Å²) in [5.41, 5.74) is 1.85. The molecule has 2 heterocycles. The molecule has 3 rings (SSSR count). The molecule has 3 aromatic rings. The fraction of sp³-hybridized carbons (Fsp3) is 0.235. The number of hydrogen-bond donors (Lipinski definition) is 0. The molecule has 0 radical (unpaired) electrons. The van der Waals surface area contributed by atoms with Crippen molar-refractivity contribution < 1.29 is 9.32 Å². The number of aryl methyl sites for hydroxylation is 1. The van der Waals surface area contributed by atoms with Crippen LogP contribution < -0.4 is 4.90 Å². The Labute approximate surface area is 138 Å². The molecule has 0 saturated heterocycles. The third-order valence-corrected chi connectivity index (χ3v) is 4.17. The van der Waals surface area contributed by atoms with Gasteiger partial charge in [-0.15, -0.1) is 0 Å². The van der Waals surface area contributed by atoms with Crippen molar-refractivity contribution in [2.24, 2.45) is 0 Å². The Kier molecular flexibility index (Phi) is 4.83. The van der Waals surface area contributed by atoms with Gasteiger partial charge in [-0.2, -0.15) is 16.3 Å². The lowest BCUT2D eigenvalue weighted by Gasteiger charge is -2.20. The second-order valence-electron chi connectivity index (χ2n) is 5.00. The van der Waals surface area contributed by atoms with E-state index in [1.54, 1.807) is 16.2 Å². The van der Waals surface area contributed by atoms with Crippen molar-refractivity contribution in [2.45, 2.75) is 19.8 Å². The van der Waals surface area contributed by atoms with Crippen molar-refractivity contribution in [3.8, 4) is 11.4 Å². The fourth-order valence-corrected chi connectivity index (χ4v) is 2.96. The number of hydrogen-bond acceptors (Lipinski definition) is 5. The fourth-order valence-electron chi connectivity index (χ4n) is 2.33. The van der Waals surface area contributed by atoms with Crippen LogP contribution in [0.5, 0.6) is 0 Å². The molecule has 0 aliphatic carbocycles. The summed E-state index contributed by atoms with van der Waals surface area (Å²) < 4.78 is 5.23. The highest BCUT2D eigenvalue weighted by molar-refractivity contribution is 7.08. The zero-order valence-corrected chi connectivity index (χ0v) is 13.6. The first-order valence-electron chi connectivity index (χ1n) is 7.48. The third-order valence-electron chi connectivity index (χ3n) is 3.49. The first-order valence-corrected chi connectivity index (χ1v) is 8.42. The zero-order chi connectivity index (χ0) is 16.1. The van der Waals surface area contributed by atoms with Crippen LogP contribution in [-0.4, -0.2) is 22.6 Å². The molecule has 0 spiro atoms. The molecule has 0 aliphatic rings. The topological polar surface area (TPSA) is 59.2 Å². The molecule has 0 fully saturated rings. The van der Waals surface area contributed by atoms with E-state index in [1.165, 1.54) is 0 Å². The second kappa shape index (κ2) is 7.19. The van der Waals surface area contributed by atoms with E-state index >= 15 is 0 Å². The van der Waals surface area contributed by atoms with E-state index < -0.39 is 0 Å². The highest BCUT2D eigenvalue weighted by Crippen LogP contribution is 2.19. The van der Waals surface area contributed by atoms with E-state index in [4.69, 9.17) is 4.52 Å². The van der Waals surface area contributed by atoms with E-state index in [9.17, 15) is 4.79 Å². The van der Waals surface area contributed by atoms with Crippen molar-refractivity contribution in [3.05, 3.63) is 53.0 Å². The maximum atomic E-state index is 12.4. The van der Waals surface area contributed by atoms with Crippen molar-refractivity contribution in [1.82, 2.24) is 10.1 Å². The Morgan fingerprint density at radius 1 is 1.26 bits per heavy atom. The van der Waals surface area contributed by atoms with E-state index in [0.29, 0.717) is 31.1 Å². The van der Waals surface area contributed by atoms with Crippen LogP contribution in [0.1, 0.15) is 19.2 Å². The van der Waals surface area contributed by atoms with Gasteiger partial charge in [0.15, 0.2) is 0 Å². The van der Waals surface area contributed by atoms with Crippen molar-refractivity contribution >= 4 is 22.9 Å². The lowest BCUT2D eigenvalue weighted by atomic mass is 10.2. The number of carbonyl (C=O) groups excluding carboxylic acids is 1. The number of aromatic nitrogens is 2. The van der Waals surface area contributed by atoms with Gasteiger partial charge in [-0.3, -0.25) is 4.79 Å². The average Bonchev–Trinajstić information content (AvgIpc) is 3.26.